The van der Waals surface area contributed by atoms with E-state index in [2.05, 4.69) is 10.3 Å². The number of rotatable bonds is 5. The van der Waals surface area contributed by atoms with Crippen LogP contribution in [0.3, 0.4) is 0 Å². The van der Waals surface area contributed by atoms with E-state index in [1.807, 2.05) is 6.92 Å². The van der Waals surface area contributed by atoms with Gasteiger partial charge in [0.1, 0.15) is 22.5 Å². The van der Waals surface area contributed by atoms with Gasteiger partial charge in [-0.1, -0.05) is 6.92 Å². The summed E-state index contributed by atoms with van der Waals surface area (Å²) in [5.41, 5.74) is -0.270. The zero-order valence-corrected chi connectivity index (χ0v) is 11.2. The molecule has 0 bridgehead atoms. The van der Waals surface area contributed by atoms with E-state index < -0.39 is 17.5 Å². The Morgan fingerprint density at radius 1 is 1.21 bits per heavy atom. The van der Waals surface area contributed by atoms with Crippen LogP contribution in [0.5, 0.6) is 0 Å². The summed E-state index contributed by atoms with van der Waals surface area (Å²) in [4.78, 5) is 4.87. The number of benzene rings is 1. The van der Waals surface area contributed by atoms with Gasteiger partial charge in [0.2, 0.25) is 0 Å². The van der Waals surface area contributed by atoms with Crippen molar-refractivity contribution in [2.75, 3.05) is 6.54 Å². The largest absolute Gasteiger partial charge is 0.312 e. The van der Waals surface area contributed by atoms with Crippen LogP contribution in [-0.2, 0) is 6.54 Å². The van der Waals surface area contributed by atoms with Gasteiger partial charge in [0.15, 0.2) is 0 Å². The molecule has 19 heavy (non-hydrogen) atoms. The highest BCUT2D eigenvalue weighted by Gasteiger charge is 2.16. The fraction of sp³-hybridized carbons (Fsp3) is 0.308. The summed E-state index contributed by atoms with van der Waals surface area (Å²) in [6.45, 7) is 3.52. The van der Waals surface area contributed by atoms with Crippen LogP contribution in [-0.4, -0.2) is 11.5 Å². The van der Waals surface area contributed by atoms with Crippen molar-refractivity contribution in [3.63, 3.8) is 0 Å². The minimum Gasteiger partial charge on any atom is -0.312 e. The van der Waals surface area contributed by atoms with Crippen LogP contribution in [0.2, 0.25) is 0 Å². The quantitative estimate of drug-likeness (QED) is 0.847. The van der Waals surface area contributed by atoms with Crippen molar-refractivity contribution in [3.05, 3.63) is 40.7 Å². The third-order valence-corrected chi connectivity index (χ3v) is 3.52. The van der Waals surface area contributed by atoms with Gasteiger partial charge >= 0.3 is 0 Å². The maximum atomic E-state index is 13.6. The minimum absolute atomic E-state index is 0.225. The molecule has 1 heterocycles. The van der Waals surface area contributed by atoms with E-state index in [1.165, 1.54) is 11.3 Å². The van der Waals surface area contributed by atoms with E-state index in [1.54, 1.807) is 6.20 Å². The molecule has 0 aliphatic rings. The molecule has 0 saturated heterocycles. The molecule has 102 valence electrons. The molecule has 0 aliphatic heterocycles. The van der Waals surface area contributed by atoms with E-state index in [0.717, 1.165) is 17.8 Å². The molecule has 0 radical (unpaired) electrons. The lowest BCUT2D eigenvalue weighted by Gasteiger charge is -2.01. The SMILES string of the molecule is CCCNCc1cnc(-c2c(F)cc(F)cc2F)s1. The second kappa shape index (κ2) is 6.16. The smallest absolute Gasteiger partial charge is 0.139 e. The zero-order valence-electron chi connectivity index (χ0n) is 10.3. The zero-order chi connectivity index (χ0) is 13.8. The Morgan fingerprint density at radius 2 is 1.89 bits per heavy atom. The van der Waals surface area contributed by atoms with Gasteiger partial charge < -0.3 is 5.32 Å². The van der Waals surface area contributed by atoms with Crippen LogP contribution in [0.15, 0.2) is 18.3 Å². The summed E-state index contributed by atoms with van der Waals surface area (Å²) in [6.07, 6.45) is 2.58. The molecular formula is C13H13F3N2S. The normalized spacial score (nSPS) is 10.9. The Bertz CT molecular complexity index is 546. The van der Waals surface area contributed by atoms with E-state index in [4.69, 9.17) is 0 Å². The van der Waals surface area contributed by atoms with Crippen molar-refractivity contribution in [1.29, 1.82) is 0 Å². The van der Waals surface area contributed by atoms with Crippen LogP contribution in [0.25, 0.3) is 10.6 Å². The molecule has 0 amide bonds. The molecule has 6 heteroatoms. The number of aromatic nitrogens is 1. The molecule has 1 aromatic heterocycles. The van der Waals surface area contributed by atoms with Crippen molar-refractivity contribution >= 4 is 11.3 Å². The van der Waals surface area contributed by atoms with Crippen molar-refractivity contribution in [3.8, 4) is 10.6 Å². The monoisotopic (exact) mass is 286 g/mol. The maximum absolute atomic E-state index is 13.6. The van der Waals surface area contributed by atoms with Crippen LogP contribution >= 0.6 is 11.3 Å². The summed E-state index contributed by atoms with van der Waals surface area (Å²) >= 11 is 1.19. The van der Waals surface area contributed by atoms with Gasteiger partial charge in [-0.15, -0.1) is 11.3 Å². The first-order valence-corrected chi connectivity index (χ1v) is 6.73. The van der Waals surface area contributed by atoms with Crippen LogP contribution in [0.1, 0.15) is 18.2 Å². The van der Waals surface area contributed by atoms with Crippen molar-refractivity contribution in [1.82, 2.24) is 10.3 Å². The standard InChI is InChI=1S/C13H13F3N2S/c1-2-3-17-6-9-7-18-13(19-9)12-10(15)4-8(14)5-11(12)16/h4-5,7,17H,2-3,6H2,1H3. The Labute approximate surface area is 113 Å². The molecule has 2 nitrogen and oxygen atoms in total. The fourth-order valence-electron chi connectivity index (χ4n) is 1.64. The predicted molar refractivity (Wildman–Crippen MR) is 69.4 cm³/mol. The van der Waals surface area contributed by atoms with Gasteiger partial charge in [0.05, 0.1) is 5.56 Å². The summed E-state index contributed by atoms with van der Waals surface area (Å²) in [6, 6.07) is 1.32. The molecule has 1 aromatic carbocycles. The van der Waals surface area contributed by atoms with Gasteiger partial charge in [0, 0.05) is 29.8 Å². The number of thiazole rings is 1. The van der Waals surface area contributed by atoms with Crippen molar-refractivity contribution < 1.29 is 13.2 Å². The van der Waals surface area contributed by atoms with Gasteiger partial charge in [-0.2, -0.15) is 0 Å². The Kier molecular flexibility index (Phi) is 4.55. The Hall–Kier alpha value is -1.40. The van der Waals surface area contributed by atoms with E-state index >= 15 is 0 Å². The second-order valence-electron chi connectivity index (χ2n) is 4.05. The molecule has 0 aliphatic carbocycles. The third-order valence-electron chi connectivity index (χ3n) is 2.50. The van der Waals surface area contributed by atoms with Gasteiger partial charge in [0.25, 0.3) is 0 Å². The highest BCUT2D eigenvalue weighted by atomic mass is 32.1. The highest BCUT2D eigenvalue weighted by molar-refractivity contribution is 7.15. The molecule has 0 spiro atoms. The van der Waals surface area contributed by atoms with Crippen molar-refractivity contribution in [2.45, 2.75) is 19.9 Å². The Morgan fingerprint density at radius 3 is 2.53 bits per heavy atom. The number of halogens is 3. The lowest BCUT2D eigenvalue weighted by atomic mass is 10.2. The topological polar surface area (TPSA) is 24.9 Å². The molecule has 0 saturated carbocycles. The van der Waals surface area contributed by atoms with Crippen molar-refractivity contribution in [2.24, 2.45) is 0 Å². The summed E-state index contributed by atoms with van der Waals surface area (Å²) in [7, 11) is 0. The highest BCUT2D eigenvalue weighted by Crippen LogP contribution is 2.30. The second-order valence-corrected chi connectivity index (χ2v) is 5.17. The van der Waals surface area contributed by atoms with Crippen LogP contribution in [0, 0.1) is 17.5 Å². The molecule has 0 fully saturated rings. The lowest BCUT2D eigenvalue weighted by Crippen LogP contribution is -2.12. The number of nitrogens with one attached hydrogen (secondary N) is 1. The first-order valence-electron chi connectivity index (χ1n) is 5.92. The molecule has 2 aromatic rings. The maximum Gasteiger partial charge on any atom is 0.139 e. The predicted octanol–water partition coefficient (Wildman–Crippen LogP) is 3.73. The molecule has 2 rings (SSSR count). The van der Waals surface area contributed by atoms with Gasteiger partial charge in [-0.25, -0.2) is 18.2 Å². The number of hydrogen-bond acceptors (Lipinski definition) is 3. The fourth-order valence-corrected chi connectivity index (χ4v) is 2.57. The van der Waals surface area contributed by atoms with Gasteiger partial charge in [-0.05, 0) is 13.0 Å². The van der Waals surface area contributed by atoms with Crippen LogP contribution in [0.4, 0.5) is 13.2 Å². The third kappa shape index (κ3) is 3.33. The number of hydrogen-bond donors (Lipinski definition) is 1. The first-order chi connectivity index (χ1) is 9.11. The lowest BCUT2D eigenvalue weighted by molar-refractivity contribution is 0.548. The van der Waals surface area contributed by atoms with Gasteiger partial charge in [-0.3, -0.25) is 0 Å². The van der Waals surface area contributed by atoms with E-state index in [-0.39, 0.29) is 10.6 Å². The summed E-state index contributed by atoms with van der Waals surface area (Å²) in [5.74, 6) is -2.79. The van der Waals surface area contributed by atoms with Crippen LogP contribution < -0.4 is 5.32 Å². The molecule has 0 unspecified atom stereocenters. The van der Waals surface area contributed by atoms with E-state index in [9.17, 15) is 13.2 Å². The Balaban J connectivity index is 2.23. The molecule has 1 N–H and O–H groups in total. The summed E-state index contributed by atoms with van der Waals surface area (Å²) in [5, 5.41) is 3.40. The number of nitrogens with zero attached hydrogens (tertiary/aromatic N) is 1. The summed E-state index contributed by atoms with van der Waals surface area (Å²) < 4.78 is 40.0. The van der Waals surface area contributed by atoms with E-state index in [0.29, 0.717) is 18.7 Å². The average Bonchev–Trinajstić information content (AvgIpc) is 2.76. The minimum atomic E-state index is -0.931. The molecular weight excluding hydrogens is 273 g/mol. The first kappa shape index (κ1) is 14.0. The molecule has 0 atom stereocenters. The average molecular weight is 286 g/mol.